The molecule has 1 aliphatic heterocycles. The van der Waals surface area contributed by atoms with Gasteiger partial charge in [-0.3, -0.25) is 9.20 Å². The van der Waals surface area contributed by atoms with Gasteiger partial charge in [-0.25, -0.2) is 14.8 Å². The molecule has 3 aromatic heterocycles. The van der Waals surface area contributed by atoms with E-state index < -0.39 is 23.9 Å². The topological polar surface area (TPSA) is 105 Å². The number of alkyl halides is 3. The van der Waals surface area contributed by atoms with Gasteiger partial charge in [0, 0.05) is 36.7 Å². The predicted octanol–water partition coefficient (Wildman–Crippen LogP) is 4.42. The van der Waals surface area contributed by atoms with Crippen LogP contribution in [0, 0.1) is 13.8 Å². The average molecular weight is 527 g/mol. The van der Waals surface area contributed by atoms with Crippen LogP contribution in [0.5, 0.6) is 0 Å². The number of nitrogens with one attached hydrogen (secondary N) is 1. The number of hydrogen-bond donors (Lipinski definition) is 2. The molecule has 0 spiro atoms. The molecule has 5 rings (SSSR count). The first kappa shape index (κ1) is 25.3. The molecule has 9 nitrogen and oxygen atoms in total. The van der Waals surface area contributed by atoms with Crippen molar-refractivity contribution in [2.75, 3.05) is 16.8 Å². The lowest BCUT2D eigenvalue weighted by Gasteiger charge is -2.30. The Bertz CT molecular complexity index is 1630. The Morgan fingerprint density at radius 1 is 1.13 bits per heavy atom. The standard InChI is InChI=1S/C26H25F3N6O3/c1-14-10-18(16(3)30-19-7-5-4-6-17(19)25(37)38)23-32-22(15(2)24(36)35(23)11-14)34-9-8-33-12-20(26(27,28)29)31-21(33)13-34/h4-7,10-12,16,30H,8-9,13H2,1-3H3,(H,37,38). The number of anilines is 2. The van der Waals surface area contributed by atoms with Crippen LogP contribution < -0.4 is 15.8 Å². The van der Waals surface area contributed by atoms with Crippen LogP contribution >= 0.6 is 0 Å². The molecule has 0 saturated heterocycles. The molecule has 1 aromatic carbocycles. The van der Waals surface area contributed by atoms with Gasteiger partial charge in [0.2, 0.25) is 0 Å². The highest BCUT2D eigenvalue weighted by atomic mass is 19.4. The minimum atomic E-state index is -4.54. The number of carboxylic acid groups (broad SMARTS) is 1. The molecule has 12 heteroatoms. The lowest BCUT2D eigenvalue weighted by molar-refractivity contribution is -0.141. The van der Waals surface area contributed by atoms with Crippen LogP contribution in [0.15, 0.2) is 47.5 Å². The lowest BCUT2D eigenvalue weighted by atomic mass is 10.1. The number of halogens is 3. The molecule has 0 fully saturated rings. The third kappa shape index (κ3) is 4.46. The molecule has 0 radical (unpaired) electrons. The fourth-order valence-electron chi connectivity index (χ4n) is 4.79. The summed E-state index contributed by atoms with van der Waals surface area (Å²) < 4.78 is 42.5. The second-order valence-electron chi connectivity index (χ2n) is 9.40. The smallest absolute Gasteiger partial charge is 0.434 e. The number of aryl methyl sites for hydroxylation is 1. The molecule has 0 bridgehead atoms. The zero-order valence-corrected chi connectivity index (χ0v) is 20.9. The molecule has 38 heavy (non-hydrogen) atoms. The van der Waals surface area contributed by atoms with Crippen LogP contribution in [-0.2, 0) is 19.3 Å². The number of imidazole rings is 1. The molecule has 0 saturated carbocycles. The maximum absolute atomic E-state index is 13.4. The molecular weight excluding hydrogens is 501 g/mol. The van der Waals surface area contributed by atoms with Gasteiger partial charge in [-0.05, 0) is 44.5 Å². The molecule has 1 unspecified atom stereocenters. The number of pyridine rings is 1. The van der Waals surface area contributed by atoms with Crippen molar-refractivity contribution in [3.63, 3.8) is 0 Å². The second-order valence-corrected chi connectivity index (χ2v) is 9.40. The molecule has 0 aliphatic carbocycles. The molecule has 2 N–H and O–H groups in total. The number of carboxylic acids is 1. The highest BCUT2D eigenvalue weighted by Crippen LogP contribution is 2.31. The first-order valence-corrected chi connectivity index (χ1v) is 11.9. The van der Waals surface area contributed by atoms with Gasteiger partial charge in [-0.15, -0.1) is 0 Å². The minimum Gasteiger partial charge on any atom is -0.478 e. The van der Waals surface area contributed by atoms with E-state index in [0.717, 1.165) is 11.8 Å². The lowest BCUT2D eigenvalue weighted by Crippen LogP contribution is -2.36. The van der Waals surface area contributed by atoms with E-state index in [1.165, 1.54) is 15.0 Å². The van der Waals surface area contributed by atoms with Crippen LogP contribution in [0.1, 0.15) is 51.5 Å². The molecule has 4 heterocycles. The van der Waals surface area contributed by atoms with Crippen LogP contribution in [0.3, 0.4) is 0 Å². The largest absolute Gasteiger partial charge is 0.478 e. The molecule has 198 valence electrons. The summed E-state index contributed by atoms with van der Waals surface area (Å²) >= 11 is 0. The first-order chi connectivity index (χ1) is 17.9. The highest BCUT2D eigenvalue weighted by molar-refractivity contribution is 5.94. The molecular formula is C26H25F3N6O3. The zero-order valence-electron chi connectivity index (χ0n) is 20.9. The number of rotatable bonds is 5. The van der Waals surface area contributed by atoms with E-state index in [9.17, 15) is 27.9 Å². The number of hydrogen-bond acceptors (Lipinski definition) is 6. The Kier molecular flexibility index (Phi) is 6.12. The minimum absolute atomic E-state index is 0.0700. The van der Waals surface area contributed by atoms with Gasteiger partial charge in [-0.2, -0.15) is 13.2 Å². The Morgan fingerprint density at radius 3 is 2.58 bits per heavy atom. The number of fused-ring (bicyclic) bond motifs is 2. The number of carbonyl (C=O) groups is 1. The van der Waals surface area contributed by atoms with Gasteiger partial charge in [0.05, 0.1) is 23.7 Å². The number of aromatic nitrogens is 4. The summed E-state index contributed by atoms with van der Waals surface area (Å²) in [6, 6.07) is 7.98. The van der Waals surface area contributed by atoms with Gasteiger partial charge in [0.25, 0.3) is 5.56 Å². The van der Waals surface area contributed by atoms with Crippen molar-refractivity contribution >= 4 is 23.1 Å². The van der Waals surface area contributed by atoms with Crippen LogP contribution in [0.4, 0.5) is 24.7 Å². The highest BCUT2D eigenvalue weighted by Gasteiger charge is 2.36. The van der Waals surface area contributed by atoms with E-state index in [4.69, 9.17) is 4.98 Å². The van der Waals surface area contributed by atoms with Crippen molar-refractivity contribution < 1.29 is 23.1 Å². The van der Waals surface area contributed by atoms with Gasteiger partial charge in [-0.1, -0.05) is 12.1 Å². The summed E-state index contributed by atoms with van der Waals surface area (Å²) in [5.74, 6) is -0.450. The number of nitrogens with zero attached hydrogens (tertiary/aromatic N) is 5. The Balaban J connectivity index is 1.57. The maximum Gasteiger partial charge on any atom is 0.434 e. The normalized spacial score (nSPS) is 14.4. The predicted molar refractivity (Wildman–Crippen MR) is 135 cm³/mol. The van der Waals surface area contributed by atoms with E-state index in [1.54, 1.807) is 36.2 Å². The quantitative estimate of drug-likeness (QED) is 0.397. The van der Waals surface area contributed by atoms with Crippen molar-refractivity contribution in [1.29, 1.82) is 0 Å². The number of aromatic carboxylic acids is 1. The van der Waals surface area contributed by atoms with Crippen molar-refractivity contribution in [2.45, 2.75) is 46.1 Å². The fourth-order valence-corrected chi connectivity index (χ4v) is 4.79. The van der Waals surface area contributed by atoms with Crippen molar-refractivity contribution in [2.24, 2.45) is 0 Å². The van der Waals surface area contributed by atoms with Crippen molar-refractivity contribution in [3.8, 4) is 0 Å². The van der Waals surface area contributed by atoms with E-state index in [-0.39, 0.29) is 30.0 Å². The molecule has 0 amide bonds. The fraction of sp³-hybridized carbons (Fsp3) is 0.308. The van der Waals surface area contributed by atoms with Crippen LogP contribution in [-0.4, -0.2) is 36.6 Å². The maximum atomic E-state index is 13.4. The first-order valence-electron chi connectivity index (χ1n) is 11.9. The van der Waals surface area contributed by atoms with E-state index in [2.05, 4.69) is 10.3 Å². The van der Waals surface area contributed by atoms with E-state index in [1.807, 2.05) is 19.9 Å². The second kappa shape index (κ2) is 9.19. The van der Waals surface area contributed by atoms with Gasteiger partial charge in [0.15, 0.2) is 5.69 Å². The summed E-state index contributed by atoms with van der Waals surface area (Å²) in [5, 5.41) is 12.8. The summed E-state index contributed by atoms with van der Waals surface area (Å²) in [6.07, 6.45) is -1.85. The Morgan fingerprint density at radius 2 is 1.87 bits per heavy atom. The summed E-state index contributed by atoms with van der Waals surface area (Å²) in [5.41, 5.74) is 1.51. The van der Waals surface area contributed by atoms with Gasteiger partial charge >= 0.3 is 12.1 Å². The Labute approximate surface area is 215 Å². The average Bonchev–Trinajstić information content (AvgIpc) is 3.30. The number of benzene rings is 1. The summed E-state index contributed by atoms with van der Waals surface area (Å²) in [4.78, 5) is 35.5. The van der Waals surface area contributed by atoms with Crippen LogP contribution in [0.25, 0.3) is 5.65 Å². The number of para-hydroxylation sites is 1. The molecule has 4 aromatic rings. The third-order valence-corrected chi connectivity index (χ3v) is 6.68. The van der Waals surface area contributed by atoms with Crippen molar-refractivity contribution in [1.82, 2.24) is 18.9 Å². The van der Waals surface area contributed by atoms with Gasteiger partial charge < -0.3 is 19.9 Å². The van der Waals surface area contributed by atoms with E-state index >= 15 is 0 Å². The zero-order chi connectivity index (χ0) is 27.4. The SMILES string of the molecule is Cc1cc(C(C)Nc2ccccc2C(=O)O)c2nc(N3CCn4cc(C(F)(F)F)nc4C3)c(C)c(=O)n2c1. The molecule has 1 atom stereocenters. The molecule has 1 aliphatic rings. The summed E-state index contributed by atoms with van der Waals surface area (Å²) in [7, 11) is 0. The third-order valence-electron chi connectivity index (χ3n) is 6.68. The van der Waals surface area contributed by atoms with Crippen LogP contribution in [0.2, 0.25) is 0 Å². The van der Waals surface area contributed by atoms with Crippen molar-refractivity contribution in [3.05, 3.63) is 86.9 Å². The van der Waals surface area contributed by atoms with Gasteiger partial charge in [0.1, 0.15) is 17.3 Å². The monoisotopic (exact) mass is 526 g/mol. The van der Waals surface area contributed by atoms with E-state index in [0.29, 0.717) is 34.8 Å². The Hall–Kier alpha value is -4.35. The summed E-state index contributed by atoms with van der Waals surface area (Å²) in [6.45, 7) is 6.02.